The van der Waals surface area contributed by atoms with Gasteiger partial charge in [-0.25, -0.2) is 4.98 Å². The zero-order chi connectivity index (χ0) is 20.5. The summed E-state index contributed by atoms with van der Waals surface area (Å²) in [6, 6.07) is 10.9. The third-order valence-electron chi connectivity index (χ3n) is 5.99. The molecular weight excluding hydrogens is 362 g/mol. The molecule has 6 nitrogen and oxygen atoms in total. The Bertz CT molecular complexity index is 1050. The summed E-state index contributed by atoms with van der Waals surface area (Å²) in [5.41, 5.74) is 5.93. The van der Waals surface area contributed by atoms with E-state index in [1.54, 1.807) is 4.68 Å². The summed E-state index contributed by atoms with van der Waals surface area (Å²) in [6.07, 6.45) is 2.07. The molecule has 1 aromatic carbocycles. The second-order valence-electron chi connectivity index (χ2n) is 7.98. The molecule has 1 aliphatic rings. The molecule has 0 spiro atoms. The second-order valence-corrected chi connectivity index (χ2v) is 7.98. The number of hydrogen-bond donors (Lipinski definition) is 1. The van der Waals surface area contributed by atoms with Gasteiger partial charge in [-0.05, 0) is 43.9 Å². The molecular formula is C23H29N5O. The lowest BCUT2D eigenvalue weighted by Crippen LogP contribution is -2.45. The predicted octanol–water partition coefficient (Wildman–Crippen LogP) is 3.15. The Morgan fingerprint density at radius 1 is 1.24 bits per heavy atom. The molecule has 1 amide bonds. The number of carbonyl (C=O) groups is 1. The van der Waals surface area contributed by atoms with Gasteiger partial charge in [0.15, 0.2) is 5.65 Å². The molecule has 2 aromatic heterocycles. The van der Waals surface area contributed by atoms with E-state index < -0.39 is 0 Å². The highest BCUT2D eigenvalue weighted by Gasteiger charge is 2.24. The fraction of sp³-hybridized carbons (Fsp3) is 0.435. The standard InChI is InChI=1S/C23H29N5O/c1-5-19(28-11-10-17-8-6-7-9-18(17)14-28)13-24-23(29)20-12-15(2)25-22-21(20)16(3)26-27(22)4/h6-9,12,19H,5,10-11,13-14H2,1-4H3,(H,24,29). The number of nitrogens with zero attached hydrogens (tertiary/aromatic N) is 4. The summed E-state index contributed by atoms with van der Waals surface area (Å²) < 4.78 is 1.74. The topological polar surface area (TPSA) is 63.1 Å². The van der Waals surface area contributed by atoms with Crippen molar-refractivity contribution in [1.82, 2.24) is 25.0 Å². The number of fused-ring (bicyclic) bond motifs is 2. The molecule has 3 heterocycles. The van der Waals surface area contributed by atoms with Gasteiger partial charge in [0.2, 0.25) is 0 Å². The Kier molecular flexibility index (Phi) is 5.37. The molecule has 0 aliphatic carbocycles. The lowest BCUT2D eigenvalue weighted by atomic mass is 9.98. The van der Waals surface area contributed by atoms with Gasteiger partial charge in [-0.15, -0.1) is 0 Å². The van der Waals surface area contributed by atoms with Gasteiger partial charge in [0, 0.05) is 38.4 Å². The summed E-state index contributed by atoms with van der Waals surface area (Å²) in [7, 11) is 1.87. The minimum atomic E-state index is -0.0486. The van der Waals surface area contributed by atoms with Crippen LogP contribution in [0.15, 0.2) is 30.3 Å². The third kappa shape index (κ3) is 3.77. The maximum Gasteiger partial charge on any atom is 0.252 e. The molecule has 4 rings (SSSR count). The van der Waals surface area contributed by atoms with Crippen molar-refractivity contribution in [2.24, 2.45) is 7.05 Å². The first-order chi connectivity index (χ1) is 14.0. The van der Waals surface area contributed by atoms with E-state index in [9.17, 15) is 4.79 Å². The number of benzene rings is 1. The van der Waals surface area contributed by atoms with Gasteiger partial charge < -0.3 is 5.32 Å². The predicted molar refractivity (Wildman–Crippen MR) is 115 cm³/mol. The molecule has 0 radical (unpaired) electrons. The number of rotatable bonds is 5. The molecule has 0 saturated carbocycles. The Balaban J connectivity index is 1.50. The number of amides is 1. The summed E-state index contributed by atoms with van der Waals surface area (Å²) in [5, 5.41) is 8.47. The first kappa shape index (κ1) is 19.6. The van der Waals surface area contributed by atoms with Gasteiger partial charge in [-0.2, -0.15) is 5.10 Å². The Hall–Kier alpha value is -2.73. The molecule has 1 atom stereocenters. The molecule has 3 aromatic rings. The van der Waals surface area contributed by atoms with Crippen molar-refractivity contribution >= 4 is 16.9 Å². The Morgan fingerprint density at radius 2 is 2.00 bits per heavy atom. The minimum Gasteiger partial charge on any atom is -0.350 e. The van der Waals surface area contributed by atoms with Crippen LogP contribution in [0.1, 0.15) is 46.2 Å². The highest BCUT2D eigenvalue weighted by atomic mass is 16.1. The first-order valence-electron chi connectivity index (χ1n) is 10.4. The van der Waals surface area contributed by atoms with Crippen molar-refractivity contribution in [3.8, 4) is 0 Å². The van der Waals surface area contributed by atoms with Gasteiger partial charge in [-0.3, -0.25) is 14.4 Å². The number of aromatic nitrogens is 3. The van der Waals surface area contributed by atoms with Crippen molar-refractivity contribution in [3.63, 3.8) is 0 Å². The van der Waals surface area contributed by atoms with Crippen LogP contribution in [0.3, 0.4) is 0 Å². The lowest BCUT2D eigenvalue weighted by molar-refractivity contribution is 0.0927. The number of aryl methyl sites for hydroxylation is 3. The molecule has 1 unspecified atom stereocenters. The van der Waals surface area contributed by atoms with Gasteiger partial charge in [-0.1, -0.05) is 31.2 Å². The molecule has 1 N–H and O–H groups in total. The summed E-state index contributed by atoms with van der Waals surface area (Å²) in [6.45, 7) is 8.66. The molecule has 0 saturated heterocycles. The minimum absolute atomic E-state index is 0.0486. The van der Waals surface area contributed by atoms with E-state index >= 15 is 0 Å². The lowest BCUT2D eigenvalue weighted by Gasteiger charge is -2.35. The van der Waals surface area contributed by atoms with E-state index in [4.69, 9.17) is 0 Å². The molecule has 0 fully saturated rings. The Labute approximate surface area is 171 Å². The average Bonchev–Trinajstić information content (AvgIpc) is 3.01. The largest absolute Gasteiger partial charge is 0.350 e. The van der Waals surface area contributed by atoms with Crippen molar-refractivity contribution in [2.45, 2.75) is 46.2 Å². The quantitative estimate of drug-likeness (QED) is 0.726. The highest BCUT2D eigenvalue weighted by Crippen LogP contribution is 2.23. The van der Waals surface area contributed by atoms with Crippen LogP contribution in [0.4, 0.5) is 0 Å². The van der Waals surface area contributed by atoms with E-state index in [1.807, 2.05) is 27.0 Å². The van der Waals surface area contributed by atoms with E-state index in [-0.39, 0.29) is 5.91 Å². The van der Waals surface area contributed by atoms with Crippen LogP contribution in [-0.2, 0) is 20.0 Å². The van der Waals surface area contributed by atoms with Crippen molar-refractivity contribution < 1.29 is 4.79 Å². The maximum absolute atomic E-state index is 13.1. The van der Waals surface area contributed by atoms with Crippen molar-refractivity contribution in [2.75, 3.05) is 13.1 Å². The normalized spacial score (nSPS) is 15.3. The fourth-order valence-electron chi connectivity index (χ4n) is 4.42. The monoisotopic (exact) mass is 391 g/mol. The van der Waals surface area contributed by atoms with Crippen LogP contribution in [-0.4, -0.2) is 44.7 Å². The second kappa shape index (κ2) is 7.95. The van der Waals surface area contributed by atoms with Crippen LogP contribution < -0.4 is 5.32 Å². The summed E-state index contributed by atoms with van der Waals surface area (Å²) in [5.74, 6) is -0.0486. The maximum atomic E-state index is 13.1. The molecule has 29 heavy (non-hydrogen) atoms. The van der Waals surface area contributed by atoms with Crippen LogP contribution in [0.5, 0.6) is 0 Å². The van der Waals surface area contributed by atoms with Crippen molar-refractivity contribution in [3.05, 3.63) is 58.4 Å². The Morgan fingerprint density at radius 3 is 2.76 bits per heavy atom. The third-order valence-corrected chi connectivity index (χ3v) is 5.99. The number of carbonyl (C=O) groups excluding carboxylic acids is 1. The number of hydrogen-bond acceptors (Lipinski definition) is 4. The molecule has 0 bridgehead atoms. The van der Waals surface area contributed by atoms with Crippen LogP contribution in [0.2, 0.25) is 0 Å². The number of nitrogens with one attached hydrogen (secondary N) is 1. The number of pyridine rings is 1. The van der Waals surface area contributed by atoms with Crippen LogP contribution >= 0.6 is 0 Å². The smallest absolute Gasteiger partial charge is 0.252 e. The highest BCUT2D eigenvalue weighted by molar-refractivity contribution is 6.06. The van der Waals surface area contributed by atoms with Gasteiger partial charge in [0.25, 0.3) is 5.91 Å². The fourth-order valence-corrected chi connectivity index (χ4v) is 4.42. The van der Waals surface area contributed by atoms with Gasteiger partial charge >= 0.3 is 0 Å². The zero-order valence-corrected chi connectivity index (χ0v) is 17.7. The van der Waals surface area contributed by atoms with Crippen molar-refractivity contribution in [1.29, 1.82) is 0 Å². The zero-order valence-electron chi connectivity index (χ0n) is 17.7. The molecule has 1 aliphatic heterocycles. The molecule has 6 heteroatoms. The van der Waals surface area contributed by atoms with Crippen LogP contribution in [0.25, 0.3) is 11.0 Å². The first-order valence-corrected chi connectivity index (χ1v) is 10.4. The summed E-state index contributed by atoms with van der Waals surface area (Å²) in [4.78, 5) is 20.1. The van der Waals surface area contributed by atoms with Crippen LogP contribution in [0, 0.1) is 13.8 Å². The summed E-state index contributed by atoms with van der Waals surface area (Å²) >= 11 is 0. The van der Waals surface area contributed by atoms with E-state index in [1.165, 1.54) is 11.1 Å². The van der Waals surface area contributed by atoms with Gasteiger partial charge in [0.1, 0.15) is 0 Å². The van der Waals surface area contributed by atoms with E-state index in [0.29, 0.717) is 18.2 Å². The molecule has 152 valence electrons. The van der Waals surface area contributed by atoms with Gasteiger partial charge in [0.05, 0.1) is 16.6 Å². The van der Waals surface area contributed by atoms with E-state index in [0.717, 1.165) is 48.4 Å². The SMILES string of the molecule is CCC(CNC(=O)c1cc(C)nc2c1c(C)nn2C)N1CCc2ccccc2C1. The van der Waals surface area contributed by atoms with E-state index in [2.05, 4.69) is 51.5 Å². The average molecular weight is 392 g/mol.